The molecule has 0 aliphatic carbocycles. The van der Waals surface area contributed by atoms with Crippen molar-refractivity contribution in [1.29, 1.82) is 0 Å². The van der Waals surface area contributed by atoms with Gasteiger partial charge in [-0.3, -0.25) is 14.4 Å². The van der Waals surface area contributed by atoms with Crippen LogP contribution in [0.2, 0.25) is 0 Å². The van der Waals surface area contributed by atoms with Gasteiger partial charge in [-0.25, -0.2) is 0 Å². The molecule has 0 aromatic carbocycles. The monoisotopic (exact) mass is 475 g/mol. The van der Waals surface area contributed by atoms with Gasteiger partial charge >= 0.3 is 0 Å². The Morgan fingerprint density at radius 2 is 1.88 bits per heavy atom. The fourth-order valence-corrected chi connectivity index (χ4v) is 6.21. The third-order valence-electron chi connectivity index (χ3n) is 8.11. The first-order valence-electron chi connectivity index (χ1n) is 12.5. The van der Waals surface area contributed by atoms with Crippen LogP contribution in [0.15, 0.2) is 25.3 Å². The molecule has 0 aromatic heterocycles. The standard InChI is InChI=1S/C26H41N3O5/c1-8-13-27(7)23(31)20-19-11-12-26(34-19)21(20)24(32)29(18(15-30)17(6)10-3)22(26)25(33)28(14-9-2)16(4)5/h8-9,16-22,30H,1-2,10-15H2,3-7H3/t17-,18-,19+,20-,21-,22?,26?/m0/s1. The molecule has 1 spiro atoms. The Balaban J connectivity index is 2.12. The van der Waals surface area contributed by atoms with Crippen LogP contribution in [0.5, 0.6) is 0 Å². The third-order valence-corrected chi connectivity index (χ3v) is 8.11. The minimum absolute atomic E-state index is 0.0267. The van der Waals surface area contributed by atoms with Gasteiger partial charge in [-0.05, 0) is 32.6 Å². The normalized spacial score (nSPS) is 31.4. The van der Waals surface area contributed by atoms with Crippen molar-refractivity contribution >= 4 is 17.7 Å². The van der Waals surface area contributed by atoms with Crippen LogP contribution in [0, 0.1) is 17.8 Å². The number of likely N-dealkylation sites (N-methyl/N-ethyl adjacent to an activating group) is 1. The summed E-state index contributed by atoms with van der Waals surface area (Å²) in [5.41, 5.74) is -1.07. The van der Waals surface area contributed by atoms with Crippen molar-refractivity contribution < 1.29 is 24.2 Å². The predicted molar refractivity (Wildman–Crippen MR) is 130 cm³/mol. The Labute approximate surface area is 203 Å². The fourth-order valence-electron chi connectivity index (χ4n) is 6.21. The van der Waals surface area contributed by atoms with Gasteiger partial charge in [-0.2, -0.15) is 0 Å². The maximum Gasteiger partial charge on any atom is 0.248 e. The molecule has 1 N–H and O–H groups in total. The predicted octanol–water partition coefficient (Wildman–Crippen LogP) is 1.84. The van der Waals surface area contributed by atoms with Gasteiger partial charge < -0.3 is 24.5 Å². The molecule has 3 saturated heterocycles. The largest absolute Gasteiger partial charge is 0.394 e. The van der Waals surface area contributed by atoms with E-state index in [2.05, 4.69) is 13.2 Å². The lowest BCUT2D eigenvalue weighted by Crippen LogP contribution is -2.60. The lowest BCUT2D eigenvalue weighted by molar-refractivity contribution is -0.153. The second-order valence-electron chi connectivity index (χ2n) is 10.3. The quantitative estimate of drug-likeness (QED) is 0.461. The maximum absolute atomic E-state index is 14.1. The van der Waals surface area contributed by atoms with Gasteiger partial charge in [0.15, 0.2) is 0 Å². The molecule has 2 bridgehead atoms. The number of ether oxygens (including phenoxy) is 1. The third kappa shape index (κ3) is 3.98. The average molecular weight is 476 g/mol. The molecule has 3 amide bonds. The SMILES string of the molecule is C=CCN(C)C(=O)[C@@H]1[C@H]2C(=O)N([C@@H](CO)[C@@H](C)CC)C(C(=O)N(CC=C)C(C)C)C23CC[C@H]1O3. The molecule has 0 aromatic rings. The zero-order chi connectivity index (χ0) is 25.4. The highest BCUT2D eigenvalue weighted by molar-refractivity contribution is 5.99. The molecule has 7 atom stereocenters. The van der Waals surface area contributed by atoms with Crippen LogP contribution in [0.4, 0.5) is 0 Å². The summed E-state index contributed by atoms with van der Waals surface area (Å²) < 4.78 is 6.51. The molecule has 3 aliphatic rings. The van der Waals surface area contributed by atoms with Crippen molar-refractivity contribution in [2.24, 2.45) is 17.8 Å². The number of likely N-dealkylation sites (tertiary alicyclic amines) is 1. The van der Waals surface area contributed by atoms with Crippen LogP contribution in [-0.4, -0.2) is 94.1 Å². The highest BCUT2D eigenvalue weighted by Crippen LogP contribution is 2.59. The van der Waals surface area contributed by atoms with Gasteiger partial charge in [0.05, 0.1) is 30.6 Å². The van der Waals surface area contributed by atoms with E-state index >= 15 is 0 Å². The summed E-state index contributed by atoms with van der Waals surface area (Å²) in [5.74, 6) is -2.03. The lowest BCUT2D eigenvalue weighted by atomic mass is 9.70. The second kappa shape index (κ2) is 10.2. The highest BCUT2D eigenvalue weighted by Gasteiger charge is 2.75. The summed E-state index contributed by atoms with van der Waals surface area (Å²) in [6.45, 7) is 15.8. The molecule has 34 heavy (non-hydrogen) atoms. The summed E-state index contributed by atoms with van der Waals surface area (Å²) in [5, 5.41) is 10.4. The summed E-state index contributed by atoms with van der Waals surface area (Å²) in [4.78, 5) is 46.5. The Kier molecular flexibility index (Phi) is 7.92. The minimum atomic E-state index is -1.07. The molecule has 2 unspecified atom stereocenters. The zero-order valence-corrected chi connectivity index (χ0v) is 21.3. The van der Waals surface area contributed by atoms with E-state index in [4.69, 9.17) is 4.74 Å². The molecule has 8 nitrogen and oxygen atoms in total. The Bertz CT molecular complexity index is 829. The van der Waals surface area contributed by atoms with Crippen LogP contribution in [-0.2, 0) is 19.1 Å². The van der Waals surface area contributed by atoms with Crippen molar-refractivity contribution in [3.63, 3.8) is 0 Å². The van der Waals surface area contributed by atoms with Crippen molar-refractivity contribution in [3.8, 4) is 0 Å². The van der Waals surface area contributed by atoms with E-state index in [9.17, 15) is 19.5 Å². The highest BCUT2D eigenvalue weighted by atomic mass is 16.5. The number of amides is 3. The first kappa shape index (κ1) is 26.4. The molecule has 0 saturated carbocycles. The first-order chi connectivity index (χ1) is 16.1. The number of aliphatic hydroxyl groups excluding tert-OH is 1. The van der Waals surface area contributed by atoms with Crippen molar-refractivity contribution in [2.45, 2.75) is 76.8 Å². The topological polar surface area (TPSA) is 90.4 Å². The molecule has 3 aliphatic heterocycles. The number of nitrogens with zero attached hydrogens (tertiary/aromatic N) is 3. The van der Waals surface area contributed by atoms with Gasteiger partial charge in [0.25, 0.3) is 0 Å². The van der Waals surface area contributed by atoms with Crippen LogP contribution < -0.4 is 0 Å². The van der Waals surface area contributed by atoms with Gasteiger partial charge in [0.2, 0.25) is 17.7 Å². The summed E-state index contributed by atoms with van der Waals surface area (Å²) in [7, 11) is 1.70. The van der Waals surface area contributed by atoms with Gasteiger partial charge in [0.1, 0.15) is 11.6 Å². The molecule has 3 rings (SSSR count). The summed E-state index contributed by atoms with van der Waals surface area (Å²) >= 11 is 0. The van der Waals surface area contributed by atoms with Crippen LogP contribution in [0.1, 0.15) is 47.0 Å². The molecule has 0 radical (unpaired) electrons. The van der Waals surface area contributed by atoms with E-state index in [1.807, 2.05) is 27.7 Å². The number of aliphatic hydroxyl groups is 1. The molecular formula is C26H41N3O5. The number of carbonyl (C=O) groups excluding carboxylic acids is 3. The summed E-state index contributed by atoms with van der Waals surface area (Å²) in [6, 6.07) is -1.52. The van der Waals surface area contributed by atoms with Crippen molar-refractivity contribution in [2.75, 3.05) is 26.7 Å². The number of hydrogen-bond donors (Lipinski definition) is 1. The van der Waals surface area contributed by atoms with Crippen molar-refractivity contribution in [3.05, 3.63) is 25.3 Å². The Hall–Kier alpha value is -2.19. The smallest absolute Gasteiger partial charge is 0.248 e. The number of carbonyl (C=O) groups is 3. The van der Waals surface area contributed by atoms with E-state index < -0.39 is 35.6 Å². The van der Waals surface area contributed by atoms with Gasteiger partial charge in [0, 0.05) is 26.2 Å². The molecular weight excluding hydrogens is 434 g/mol. The fraction of sp³-hybridized carbons (Fsp3) is 0.731. The van der Waals surface area contributed by atoms with Crippen LogP contribution in [0.25, 0.3) is 0 Å². The number of fused-ring (bicyclic) bond motifs is 1. The average Bonchev–Trinajstić information content (AvgIpc) is 3.44. The van der Waals surface area contributed by atoms with Gasteiger partial charge in [-0.15, -0.1) is 13.2 Å². The van der Waals surface area contributed by atoms with E-state index in [1.54, 1.807) is 33.9 Å². The molecule has 3 heterocycles. The van der Waals surface area contributed by atoms with E-state index in [-0.39, 0.29) is 36.3 Å². The molecule has 190 valence electrons. The second-order valence-corrected chi connectivity index (χ2v) is 10.3. The maximum atomic E-state index is 14.1. The minimum Gasteiger partial charge on any atom is -0.394 e. The van der Waals surface area contributed by atoms with E-state index in [1.165, 1.54) is 0 Å². The molecule has 3 fully saturated rings. The summed E-state index contributed by atoms with van der Waals surface area (Å²) in [6.07, 6.45) is 4.83. The molecule has 8 heteroatoms. The first-order valence-corrected chi connectivity index (χ1v) is 12.5. The zero-order valence-electron chi connectivity index (χ0n) is 21.3. The Morgan fingerprint density at radius 3 is 2.41 bits per heavy atom. The lowest BCUT2D eigenvalue weighted by Gasteiger charge is -2.41. The van der Waals surface area contributed by atoms with Gasteiger partial charge in [-0.1, -0.05) is 32.4 Å². The number of rotatable bonds is 11. The number of hydrogen-bond acceptors (Lipinski definition) is 5. The van der Waals surface area contributed by atoms with E-state index in [0.717, 1.165) is 6.42 Å². The van der Waals surface area contributed by atoms with Crippen molar-refractivity contribution in [1.82, 2.24) is 14.7 Å². The van der Waals surface area contributed by atoms with Crippen LogP contribution >= 0.6 is 0 Å². The van der Waals surface area contributed by atoms with E-state index in [0.29, 0.717) is 25.9 Å². The Morgan fingerprint density at radius 1 is 1.24 bits per heavy atom. The van der Waals surface area contributed by atoms with Crippen LogP contribution in [0.3, 0.4) is 0 Å².